The minimum atomic E-state index is 0.309. The van der Waals surface area contributed by atoms with Crippen LogP contribution in [0, 0.1) is 0 Å². The van der Waals surface area contributed by atoms with E-state index >= 15 is 0 Å². The Morgan fingerprint density at radius 2 is 1.40 bits per heavy atom. The molecule has 1 aromatic rings. The normalized spacial score (nSPS) is 13.2. The van der Waals surface area contributed by atoms with Crippen molar-refractivity contribution in [2.45, 2.75) is 12.8 Å². The molecule has 4 nitrogen and oxygen atoms in total. The zero-order valence-electron chi connectivity index (χ0n) is 8.66. The minimum absolute atomic E-state index is 0.309. The Morgan fingerprint density at radius 3 is 1.80 bits per heavy atom. The molecule has 0 unspecified atom stereocenters. The maximum Gasteiger partial charge on any atom is 0.231 e. The van der Waals surface area contributed by atoms with Gasteiger partial charge in [0.05, 0.1) is 0 Å². The molecule has 15 heavy (non-hydrogen) atoms. The Morgan fingerprint density at radius 1 is 0.933 bits per heavy atom. The van der Waals surface area contributed by atoms with E-state index in [1.54, 1.807) is 0 Å². The molecule has 0 amide bonds. The fourth-order valence-electron chi connectivity index (χ4n) is 1.80. The van der Waals surface area contributed by atoms with Crippen LogP contribution in [-0.4, -0.2) is 19.9 Å². The molecule has 0 saturated carbocycles. The second-order valence-corrected chi connectivity index (χ2v) is 3.55. The first-order valence-electron chi connectivity index (χ1n) is 5.16. The topological polar surface area (TPSA) is 70.5 Å². The highest BCUT2D eigenvalue weighted by Crippen LogP contribution is 2.35. The number of benzene rings is 1. The summed E-state index contributed by atoms with van der Waals surface area (Å²) < 4.78 is 10.6. The lowest BCUT2D eigenvalue weighted by Gasteiger charge is -2.09. The molecule has 0 atom stereocenters. The third-order valence-corrected chi connectivity index (χ3v) is 2.52. The zero-order valence-corrected chi connectivity index (χ0v) is 8.66. The molecule has 0 spiro atoms. The zero-order chi connectivity index (χ0) is 10.7. The number of hydrogen-bond donors (Lipinski definition) is 2. The third-order valence-electron chi connectivity index (χ3n) is 2.52. The van der Waals surface area contributed by atoms with Gasteiger partial charge in [-0.25, -0.2) is 0 Å². The van der Waals surface area contributed by atoms with Gasteiger partial charge in [-0.1, -0.05) is 0 Å². The van der Waals surface area contributed by atoms with Crippen LogP contribution < -0.4 is 20.9 Å². The number of ether oxygens (including phenoxy) is 2. The maximum absolute atomic E-state index is 5.57. The first-order valence-corrected chi connectivity index (χ1v) is 5.16. The van der Waals surface area contributed by atoms with Gasteiger partial charge in [-0.2, -0.15) is 0 Å². The second kappa shape index (κ2) is 4.51. The standard InChI is InChI=1S/C11H16N2O2/c12-3-1-8-5-10-11(15-7-14-10)6-9(8)2-4-13/h5-6H,1-4,7,12-13H2. The maximum atomic E-state index is 5.57. The highest BCUT2D eigenvalue weighted by atomic mass is 16.7. The van der Waals surface area contributed by atoms with Crippen molar-refractivity contribution in [3.8, 4) is 11.5 Å². The van der Waals surface area contributed by atoms with Crippen LogP contribution in [0.5, 0.6) is 11.5 Å². The molecule has 1 aromatic carbocycles. The fraction of sp³-hybridized carbons (Fsp3) is 0.455. The van der Waals surface area contributed by atoms with E-state index in [1.165, 1.54) is 11.1 Å². The molecule has 1 aliphatic rings. The fourth-order valence-corrected chi connectivity index (χ4v) is 1.80. The Balaban J connectivity index is 2.33. The van der Waals surface area contributed by atoms with Crippen LogP contribution in [0.1, 0.15) is 11.1 Å². The smallest absolute Gasteiger partial charge is 0.231 e. The number of fused-ring (bicyclic) bond motifs is 1. The molecule has 1 heterocycles. The van der Waals surface area contributed by atoms with Crippen LogP contribution in [0.4, 0.5) is 0 Å². The van der Waals surface area contributed by atoms with Gasteiger partial charge >= 0.3 is 0 Å². The van der Waals surface area contributed by atoms with Crippen molar-refractivity contribution in [1.29, 1.82) is 0 Å². The summed E-state index contributed by atoms with van der Waals surface area (Å²) in [5.74, 6) is 1.64. The van der Waals surface area contributed by atoms with Gasteiger partial charge in [-0.05, 0) is 49.2 Å². The summed E-state index contributed by atoms with van der Waals surface area (Å²) in [4.78, 5) is 0. The lowest BCUT2D eigenvalue weighted by atomic mass is 10.0. The van der Waals surface area contributed by atoms with Gasteiger partial charge in [-0.3, -0.25) is 0 Å². The van der Waals surface area contributed by atoms with Gasteiger partial charge in [0.1, 0.15) is 0 Å². The van der Waals surface area contributed by atoms with E-state index in [0.29, 0.717) is 19.9 Å². The minimum Gasteiger partial charge on any atom is -0.454 e. The molecular weight excluding hydrogens is 192 g/mol. The molecule has 0 fully saturated rings. The molecule has 4 heteroatoms. The van der Waals surface area contributed by atoms with Gasteiger partial charge in [0.15, 0.2) is 11.5 Å². The van der Waals surface area contributed by atoms with Crippen LogP contribution in [-0.2, 0) is 12.8 Å². The molecule has 0 radical (unpaired) electrons. The summed E-state index contributed by atoms with van der Waals surface area (Å²) in [5.41, 5.74) is 13.6. The third kappa shape index (κ3) is 2.06. The summed E-state index contributed by atoms with van der Waals surface area (Å²) in [7, 11) is 0. The quantitative estimate of drug-likeness (QED) is 0.752. The second-order valence-electron chi connectivity index (χ2n) is 3.55. The summed E-state index contributed by atoms with van der Waals surface area (Å²) >= 11 is 0. The monoisotopic (exact) mass is 208 g/mol. The van der Waals surface area contributed by atoms with E-state index in [0.717, 1.165) is 24.3 Å². The molecular formula is C11H16N2O2. The van der Waals surface area contributed by atoms with Gasteiger partial charge in [-0.15, -0.1) is 0 Å². The number of hydrogen-bond acceptors (Lipinski definition) is 4. The van der Waals surface area contributed by atoms with E-state index in [9.17, 15) is 0 Å². The molecule has 1 aliphatic heterocycles. The number of rotatable bonds is 4. The molecule has 0 aliphatic carbocycles. The van der Waals surface area contributed by atoms with Crippen molar-refractivity contribution in [3.63, 3.8) is 0 Å². The van der Waals surface area contributed by atoms with Crippen LogP contribution in [0.3, 0.4) is 0 Å². The van der Waals surface area contributed by atoms with Crippen LogP contribution in [0.2, 0.25) is 0 Å². The molecule has 2 rings (SSSR count). The summed E-state index contributed by atoms with van der Waals surface area (Å²) in [6, 6.07) is 4.03. The molecule has 0 bridgehead atoms. The lowest BCUT2D eigenvalue weighted by Crippen LogP contribution is -2.09. The molecule has 82 valence electrons. The highest BCUT2D eigenvalue weighted by molar-refractivity contribution is 5.49. The van der Waals surface area contributed by atoms with Crippen molar-refractivity contribution in [2.75, 3.05) is 19.9 Å². The Labute approximate surface area is 89.2 Å². The molecule has 4 N–H and O–H groups in total. The van der Waals surface area contributed by atoms with Crippen molar-refractivity contribution in [3.05, 3.63) is 23.3 Å². The summed E-state index contributed by atoms with van der Waals surface area (Å²) in [6.45, 7) is 1.58. The summed E-state index contributed by atoms with van der Waals surface area (Å²) in [6.07, 6.45) is 1.71. The van der Waals surface area contributed by atoms with Gasteiger partial charge in [0.25, 0.3) is 0 Å². The lowest BCUT2D eigenvalue weighted by molar-refractivity contribution is 0.174. The van der Waals surface area contributed by atoms with Crippen LogP contribution in [0.15, 0.2) is 12.1 Å². The van der Waals surface area contributed by atoms with Crippen LogP contribution >= 0.6 is 0 Å². The van der Waals surface area contributed by atoms with Crippen molar-refractivity contribution in [2.24, 2.45) is 11.5 Å². The van der Waals surface area contributed by atoms with Gasteiger partial charge in [0, 0.05) is 0 Å². The first kappa shape index (κ1) is 10.3. The van der Waals surface area contributed by atoms with Crippen LogP contribution in [0.25, 0.3) is 0 Å². The summed E-state index contributed by atoms with van der Waals surface area (Å²) in [5, 5.41) is 0. The average Bonchev–Trinajstić information content (AvgIpc) is 2.66. The largest absolute Gasteiger partial charge is 0.454 e. The number of nitrogens with two attached hydrogens (primary N) is 2. The Hall–Kier alpha value is -1.26. The predicted octanol–water partition coefficient (Wildman–Crippen LogP) is 0.418. The highest BCUT2D eigenvalue weighted by Gasteiger charge is 2.16. The van der Waals surface area contributed by atoms with E-state index in [2.05, 4.69) is 0 Å². The van der Waals surface area contributed by atoms with Crippen molar-refractivity contribution >= 4 is 0 Å². The van der Waals surface area contributed by atoms with Gasteiger partial charge < -0.3 is 20.9 Å². The predicted molar refractivity (Wildman–Crippen MR) is 58.1 cm³/mol. The first-order chi connectivity index (χ1) is 7.35. The molecule has 0 saturated heterocycles. The average molecular weight is 208 g/mol. The van der Waals surface area contributed by atoms with E-state index in [1.807, 2.05) is 12.1 Å². The Kier molecular flexibility index (Phi) is 3.08. The van der Waals surface area contributed by atoms with Gasteiger partial charge in [0.2, 0.25) is 6.79 Å². The Bertz CT molecular complexity index is 320. The van der Waals surface area contributed by atoms with E-state index in [4.69, 9.17) is 20.9 Å². The van der Waals surface area contributed by atoms with Crippen molar-refractivity contribution < 1.29 is 9.47 Å². The van der Waals surface area contributed by atoms with Crippen molar-refractivity contribution in [1.82, 2.24) is 0 Å². The SMILES string of the molecule is NCCc1cc2c(cc1CCN)OCO2. The van der Waals surface area contributed by atoms with E-state index < -0.39 is 0 Å². The van der Waals surface area contributed by atoms with E-state index in [-0.39, 0.29) is 0 Å². The molecule has 0 aromatic heterocycles.